The first-order valence-corrected chi connectivity index (χ1v) is 7.16. The highest BCUT2D eigenvalue weighted by Crippen LogP contribution is 2.29. The van der Waals surface area contributed by atoms with Crippen molar-refractivity contribution in [1.82, 2.24) is 0 Å². The van der Waals surface area contributed by atoms with Gasteiger partial charge in [0.25, 0.3) is 0 Å². The molecule has 0 aliphatic heterocycles. The van der Waals surface area contributed by atoms with Gasteiger partial charge in [0.15, 0.2) is 0 Å². The fourth-order valence-electron chi connectivity index (χ4n) is 2.54. The van der Waals surface area contributed by atoms with Gasteiger partial charge in [-0.05, 0) is 24.3 Å². The Balaban J connectivity index is 2.35. The Morgan fingerprint density at radius 3 is 2.40 bits per heavy atom. The SMILES string of the molecule is CCC(CC)(CN)C(=O)Nc1cccc2ccccc12. The van der Waals surface area contributed by atoms with Crippen LogP contribution < -0.4 is 11.1 Å². The summed E-state index contributed by atoms with van der Waals surface area (Å²) in [4.78, 5) is 12.6. The van der Waals surface area contributed by atoms with Crippen LogP contribution >= 0.6 is 0 Å². The van der Waals surface area contributed by atoms with E-state index in [9.17, 15) is 4.79 Å². The van der Waals surface area contributed by atoms with Crippen molar-refractivity contribution < 1.29 is 4.79 Å². The van der Waals surface area contributed by atoms with E-state index in [1.165, 1.54) is 0 Å². The first kappa shape index (κ1) is 14.5. The monoisotopic (exact) mass is 270 g/mol. The van der Waals surface area contributed by atoms with Crippen molar-refractivity contribution in [3.8, 4) is 0 Å². The van der Waals surface area contributed by atoms with Gasteiger partial charge in [0.1, 0.15) is 0 Å². The highest BCUT2D eigenvalue weighted by molar-refractivity contribution is 6.04. The van der Waals surface area contributed by atoms with Gasteiger partial charge in [0, 0.05) is 17.6 Å². The van der Waals surface area contributed by atoms with Crippen molar-refractivity contribution in [2.75, 3.05) is 11.9 Å². The minimum atomic E-state index is -0.475. The molecule has 0 radical (unpaired) electrons. The predicted molar refractivity (Wildman–Crippen MR) is 84.6 cm³/mol. The third kappa shape index (κ3) is 2.54. The number of carbonyl (C=O) groups excluding carboxylic acids is 1. The van der Waals surface area contributed by atoms with E-state index in [-0.39, 0.29) is 5.91 Å². The molecule has 0 aliphatic carbocycles. The lowest BCUT2D eigenvalue weighted by atomic mass is 9.81. The Bertz CT molecular complexity index is 589. The van der Waals surface area contributed by atoms with Gasteiger partial charge in [-0.3, -0.25) is 4.79 Å². The zero-order chi connectivity index (χ0) is 14.6. The molecule has 3 nitrogen and oxygen atoms in total. The lowest BCUT2D eigenvalue weighted by molar-refractivity contribution is -0.125. The van der Waals surface area contributed by atoms with Crippen LogP contribution in [0.3, 0.4) is 0 Å². The molecule has 3 heteroatoms. The van der Waals surface area contributed by atoms with Crippen molar-refractivity contribution in [1.29, 1.82) is 0 Å². The van der Waals surface area contributed by atoms with Gasteiger partial charge >= 0.3 is 0 Å². The molecule has 0 atom stereocenters. The second-order valence-corrected chi connectivity index (χ2v) is 5.17. The molecule has 2 aromatic rings. The Kier molecular flexibility index (Phi) is 4.40. The third-order valence-electron chi connectivity index (χ3n) is 4.26. The maximum atomic E-state index is 12.6. The second-order valence-electron chi connectivity index (χ2n) is 5.17. The quantitative estimate of drug-likeness (QED) is 0.873. The van der Waals surface area contributed by atoms with E-state index in [1.807, 2.05) is 56.3 Å². The van der Waals surface area contributed by atoms with Crippen LogP contribution in [0, 0.1) is 5.41 Å². The van der Waals surface area contributed by atoms with E-state index in [1.54, 1.807) is 0 Å². The Morgan fingerprint density at radius 1 is 1.10 bits per heavy atom. The predicted octanol–water partition coefficient (Wildman–Crippen LogP) is 3.54. The van der Waals surface area contributed by atoms with Crippen molar-refractivity contribution in [2.24, 2.45) is 11.1 Å². The Labute approximate surface area is 120 Å². The number of nitrogens with one attached hydrogen (secondary N) is 1. The number of amides is 1. The lowest BCUT2D eigenvalue weighted by Crippen LogP contribution is -2.41. The van der Waals surface area contributed by atoms with Crippen LogP contribution in [0.4, 0.5) is 5.69 Å². The Hall–Kier alpha value is -1.87. The number of fused-ring (bicyclic) bond motifs is 1. The third-order valence-corrected chi connectivity index (χ3v) is 4.26. The van der Waals surface area contributed by atoms with Gasteiger partial charge < -0.3 is 11.1 Å². The number of hydrogen-bond acceptors (Lipinski definition) is 2. The summed E-state index contributed by atoms with van der Waals surface area (Å²) in [6, 6.07) is 14.0. The van der Waals surface area contributed by atoms with Crippen molar-refractivity contribution in [2.45, 2.75) is 26.7 Å². The molecule has 20 heavy (non-hydrogen) atoms. The summed E-state index contributed by atoms with van der Waals surface area (Å²) in [7, 11) is 0. The highest BCUT2D eigenvalue weighted by Gasteiger charge is 2.33. The molecule has 2 rings (SSSR count). The van der Waals surface area contributed by atoms with Gasteiger partial charge in [0.2, 0.25) is 5.91 Å². The molecule has 2 aromatic carbocycles. The van der Waals surface area contributed by atoms with Crippen molar-refractivity contribution >= 4 is 22.4 Å². The molecule has 0 unspecified atom stereocenters. The minimum absolute atomic E-state index is 0.0151. The molecule has 0 aromatic heterocycles. The Morgan fingerprint density at radius 2 is 1.75 bits per heavy atom. The van der Waals surface area contributed by atoms with Crippen LogP contribution in [0.2, 0.25) is 0 Å². The smallest absolute Gasteiger partial charge is 0.231 e. The topological polar surface area (TPSA) is 55.1 Å². The van der Waals surface area contributed by atoms with Gasteiger partial charge in [-0.2, -0.15) is 0 Å². The van der Waals surface area contributed by atoms with Gasteiger partial charge in [-0.1, -0.05) is 50.2 Å². The van der Waals surface area contributed by atoms with E-state index in [0.717, 1.165) is 29.3 Å². The normalized spacial score (nSPS) is 11.6. The first-order chi connectivity index (χ1) is 9.66. The molecule has 0 fully saturated rings. The van der Waals surface area contributed by atoms with Crippen molar-refractivity contribution in [3.05, 3.63) is 42.5 Å². The van der Waals surface area contributed by atoms with E-state index in [4.69, 9.17) is 5.73 Å². The maximum Gasteiger partial charge on any atom is 0.231 e. The minimum Gasteiger partial charge on any atom is -0.329 e. The molecule has 0 bridgehead atoms. The van der Waals surface area contributed by atoms with E-state index in [0.29, 0.717) is 6.54 Å². The molecule has 0 saturated heterocycles. The molecule has 1 amide bonds. The number of carbonyl (C=O) groups is 1. The number of nitrogens with two attached hydrogens (primary N) is 1. The summed E-state index contributed by atoms with van der Waals surface area (Å²) < 4.78 is 0. The van der Waals surface area contributed by atoms with Crippen LogP contribution in [0.1, 0.15) is 26.7 Å². The summed E-state index contributed by atoms with van der Waals surface area (Å²) in [5.74, 6) is 0.0151. The molecule has 0 spiro atoms. The number of benzene rings is 2. The van der Waals surface area contributed by atoms with Crippen LogP contribution in [0.25, 0.3) is 10.8 Å². The molecule has 0 saturated carbocycles. The summed E-state index contributed by atoms with van der Waals surface area (Å²) in [6.45, 7) is 4.40. The standard InChI is InChI=1S/C17H22N2O/c1-3-17(4-2,12-18)16(20)19-15-11-7-9-13-8-5-6-10-14(13)15/h5-11H,3-4,12,18H2,1-2H3,(H,19,20). The number of hydrogen-bond donors (Lipinski definition) is 2. The summed E-state index contributed by atoms with van der Waals surface area (Å²) in [6.07, 6.45) is 1.49. The molecule has 0 aliphatic rings. The molecule has 0 heterocycles. The zero-order valence-corrected chi connectivity index (χ0v) is 12.1. The van der Waals surface area contributed by atoms with E-state index < -0.39 is 5.41 Å². The summed E-state index contributed by atoms with van der Waals surface area (Å²) >= 11 is 0. The zero-order valence-electron chi connectivity index (χ0n) is 12.1. The molecule has 106 valence electrons. The average Bonchev–Trinajstić information content (AvgIpc) is 2.50. The van der Waals surface area contributed by atoms with Crippen LogP contribution in [-0.4, -0.2) is 12.5 Å². The fraction of sp³-hybridized carbons (Fsp3) is 0.353. The number of rotatable bonds is 5. The van der Waals surface area contributed by atoms with E-state index in [2.05, 4.69) is 5.32 Å². The van der Waals surface area contributed by atoms with E-state index >= 15 is 0 Å². The number of anilines is 1. The van der Waals surface area contributed by atoms with Gasteiger partial charge in [-0.25, -0.2) is 0 Å². The van der Waals surface area contributed by atoms with Crippen LogP contribution in [0.15, 0.2) is 42.5 Å². The largest absolute Gasteiger partial charge is 0.329 e. The summed E-state index contributed by atoms with van der Waals surface area (Å²) in [5, 5.41) is 5.24. The van der Waals surface area contributed by atoms with Crippen molar-refractivity contribution in [3.63, 3.8) is 0 Å². The second kappa shape index (κ2) is 6.06. The van der Waals surface area contributed by atoms with Gasteiger partial charge in [-0.15, -0.1) is 0 Å². The maximum absolute atomic E-state index is 12.6. The molecule has 3 N–H and O–H groups in total. The molecular formula is C17H22N2O. The highest BCUT2D eigenvalue weighted by atomic mass is 16.2. The molecular weight excluding hydrogens is 248 g/mol. The van der Waals surface area contributed by atoms with Crippen LogP contribution in [0.5, 0.6) is 0 Å². The van der Waals surface area contributed by atoms with Gasteiger partial charge in [0.05, 0.1) is 5.41 Å². The van der Waals surface area contributed by atoms with Crippen LogP contribution in [-0.2, 0) is 4.79 Å². The fourth-order valence-corrected chi connectivity index (χ4v) is 2.54. The summed E-state index contributed by atoms with van der Waals surface area (Å²) in [5.41, 5.74) is 6.21. The lowest BCUT2D eigenvalue weighted by Gasteiger charge is -2.28. The first-order valence-electron chi connectivity index (χ1n) is 7.16. The average molecular weight is 270 g/mol.